The van der Waals surface area contributed by atoms with Gasteiger partial charge < -0.3 is 15.7 Å². The molecule has 1 fully saturated rings. The minimum atomic E-state index is -3.79. The zero-order chi connectivity index (χ0) is 15.8. The summed E-state index contributed by atoms with van der Waals surface area (Å²) in [5, 5.41) is 9.84. The molecule has 1 aliphatic rings. The molecule has 7 nitrogen and oxygen atoms in total. The fraction of sp³-hybridized carbons (Fsp3) is 0.583. The summed E-state index contributed by atoms with van der Waals surface area (Å²) in [6.45, 7) is 0.615. The first kappa shape index (κ1) is 16.6. The molecule has 0 bridgehead atoms. The van der Waals surface area contributed by atoms with Crippen LogP contribution in [-0.4, -0.2) is 67.0 Å². The van der Waals surface area contributed by atoms with Crippen molar-refractivity contribution in [2.24, 2.45) is 0 Å². The molecule has 2 heterocycles. The summed E-state index contributed by atoms with van der Waals surface area (Å²) >= 11 is 3.21. The Bertz CT molecular complexity index is 623. The quantitative estimate of drug-likeness (QED) is 0.771. The Morgan fingerprint density at radius 1 is 1.57 bits per heavy atom. The second-order valence-corrected chi connectivity index (χ2v) is 8.19. The van der Waals surface area contributed by atoms with Crippen LogP contribution in [0.4, 0.5) is 5.82 Å². The third kappa shape index (κ3) is 3.54. The first-order valence-corrected chi connectivity index (χ1v) is 8.70. The number of sulfonamides is 1. The smallest absolute Gasteiger partial charge is 0.247 e. The van der Waals surface area contributed by atoms with Gasteiger partial charge in [-0.25, -0.2) is 13.4 Å². The first-order valence-electron chi connectivity index (χ1n) is 6.47. The molecule has 1 saturated heterocycles. The Labute approximate surface area is 132 Å². The van der Waals surface area contributed by atoms with Crippen LogP contribution in [0.2, 0.25) is 0 Å². The number of nitrogens with zero attached hydrogens (tertiary/aromatic N) is 3. The molecule has 9 heteroatoms. The van der Waals surface area contributed by atoms with E-state index in [1.165, 1.54) is 16.6 Å². The lowest BCUT2D eigenvalue weighted by Gasteiger charge is -2.26. The van der Waals surface area contributed by atoms with Crippen molar-refractivity contribution in [3.63, 3.8) is 0 Å². The van der Waals surface area contributed by atoms with Crippen LogP contribution in [0.5, 0.6) is 0 Å². The van der Waals surface area contributed by atoms with E-state index < -0.39 is 16.1 Å². The van der Waals surface area contributed by atoms with Gasteiger partial charge in [-0.2, -0.15) is 4.31 Å². The maximum atomic E-state index is 12.8. The standard InChI is InChI=1S/C12H19BrN4O3S/c1-16(2)6-9-4-10(18)7-17(9)21(19,20)11-3-8(13)5-15-12(11)14/h3,5,9-10,18H,4,6-7H2,1-2H3,(H2,14,15). The molecule has 2 atom stereocenters. The van der Waals surface area contributed by atoms with Crippen LogP contribution in [0.1, 0.15) is 6.42 Å². The van der Waals surface area contributed by atoms with Gasteiger partial charge in [0.2, 0.25) is 10.0 Å². The third-order valence-electron chi connectivity index (χ3n) is 3.35. The number of anilines is 1. The van der Waals surface area contributed by atoms with Gasteiger partial charge in [0.25, 0.3) is 0 Å². The summed E-state index contributed by atoms with van der Waals surface area (Å²) in [5.41, 5.74) is 5.71. The normalized spacial score (nSPS) is 23.9. The van der Waals surface area contributed by atoms with E-state index in [-0.39, 0.29) is 23.3 Å². The lowest BCUT2D eigenvalue weighted by molar-refractivity contribution is 0.188. The van der Waals surface area contributed by atoms with Crippen molar-refractivity contribution in [1.82, 2.24) is 14.2 Å². The number of nitrogen functional groups attached to an aromatic ring is 1. The number of aliphatic hydroxyl groups excluding tert-OH is 1. The van der Waals surface area contributed by atoms with Crippen LogP contribution in [0.25, 0.3) is 0 Å². The Kier molecular flexibility index (Phi) is 4.89. The van der Waals surface area contributed by atoms with Gasteiger partial charge in [0.05, 0.1) is 6.10 Å². The maximum absolute atomic E-state index is 12.8. The lowest BCUT2D eigenvalue weighted by Crippen LogP contribution is -2.41. The summed E-state index contributed by atoms with van der Waals surface area (Å²) in [5.74, 6) is -0.0387. The van der Waals surface area contributed by atoms with E-state index in [4.69, 9.17) is 5.73 Å². The van der Waals surface area contributed by atoms with E-state index in [0.29, 0.717) is 17.4 Å². The number of hydrogen-bond donors (Lipinski definition) is 2. The van der Waals surface area contributed by atoms with Crippen LogP contribution >= 0.6 is 15.9 Å². The second kappa shape index (κ2) is 6.17. The van der Waals surface area contributed by atoms with Crippen molar-refractivity contribution in [3.8, 4) is 0 Å². The van der Waals surface area contributed by atoms with E-state index >= 15 is 0 Å². The van der Waals surface area contributed by atoms with Crippen molar-refractivity contribution < 1.29 is 13.5 Å². The number of nitrogens with two attached hydrogens (primary N) is 1. The zero-order valence-corrected chi connectivity index (χ0v) is 14.3. The zero-order valence-electron chi connectivity index (χ0n) is 11.9. The van der Waals surface area contributed by atoms with E-state index in [9.17, 15) is 13.5 Å². The lowest BCUT2D eigenvalue weighted by atomic mass is 10.2. The molecule has 0 radical (unpaired) electrons. The topological polar surface area (TPSA) is 99.8 Å². The Balaban J connectivity index is 2.39. The van der Waals surface area contributed by atoms with Crippen LogP contribution < -0.4 is 5.73 Å². The average molecular weight is 379 g/mol. The van der Waals surface area contributed by atoms with Crippen LogP contribution in [0.15, 0.2) is 21.6 Å². The number of β-amino-alcohol motifs (C(OH)–C–C–N with tert-alkyl or cyclic N) is 1. The number of hydrogen-bond acceptors (Lipinski definition) is 6. The van der Waals surface area contributed by atoms with Gasteiger partial charge in [-0.3, -0.25) is 0 Å². The molecule has 0 aliphatic carbocycles. The molecule has 2 rings (SSSR count). The highest BCUT2D eigenvalue weighted by Gasteiger charge is 2.40. The fourth-order valence-corrected chi connectivity index (χ4v) is 4.75. The molecule has 0 saturated carbocycles. The van der Waals surface area contributed by atoms with Crippen LogP contribution in [0.3, 0.4) is 0 Å². The average Bonchev–Trinajstić information content (AvgIpc) is 2.73. The van der Waals surface area contributed by atoms with Crippen molar-refractivity contribution in [2.45, 2.75) is 23.5 Å². The molecule has 1 aromatic rings. The van der Waals surface area contributed by atoms with Gasteiger partial charge in [-0.15, -0.1) is 0 Å². The molecule has 3 N–H and O–H groups in total. The Morgan fingerprint density at radius 3 is 2.86 bits per heavy atom. The van der Waals surface area contributed by atoms with Gasteiger partial charge in [0.1, 0.15) is 10.7 Å². The minimum absolute atomic E-state index is 0.0327. The van der Waals surface area contributed by atoms with E-state index in [1.807, 2.05) is 19.0 Å². The number of aromatic nitrogens is 1. The summed E-state index contributed by atoms with van der Waals surface area (Å²) in [6, 6.07) is 1.16. The van der Waals surface area contributed by atoms with Crippen molar-refractivity contribution in [2.75, 3.05) is 32.9 Å². The largest absolute Gasteiger partial charge is 0.392 e. The maximum Gasteiger partial charge on any atom is 0.247 e. The van der Waals surface area contributed by atoms with E-state index in [0.717, 1.165) is 0 Å². The number of rotatable bonds is 4. The fourth-order valence-electron chi connectivity index (χ4n) is 2.51. The number of halogens is 1. The summed E-state index contributed by atoms with van der Waals surface area (Å²) in [6.07, 6.45) is 1.20. The van der Waals surface area contributed by atoms with Gasteiger partial charge in [-0.05, 0) is 42.5 Å². The highest BCUT2D eigenvalue weighted by Crippen LogP contribution is 2.30. The van der Waals surface area contributed by atoms with Gasteiger partial charge >= 0.3 is 0 Å². The van der Waals surface area contributed by atoms with E-state index in [2.05, 4.69) is 20.9 Å². The Morgan fingerprint density at radius 2 is 2.24 bits per heavy atom. The molecular formula is C12H19BrN4O3S. The first-order chi connectivity index (χ1) is 9.71. The molecule has 0 aromatic carbocycles. The van der Waals surface area contributed by atoms with Crippen LogP contribution in [0, 0.1) is 0 Å². The third-order valence-corrected chi connectivity index (χ3v) is 5.73. The molecule has 0 spiro atoms. The SMILES string of the molecule is CN(C)CC1CC(O)CN1S(=O)(=O)c1cc(Br)cnc1N. The highest BCUT2D eigenvalue weighted by molar-refractivity contribution is 9.10. The molecule has 0 amide bonds. The monoisotopic (exact) mass is 378 g/mol. The predicted molar refractivity (Wildman–Crippen MR) is 83.2 cm³/mol. The summed E-state index contributed by atoms with van der Waals surface area (Å²) in [7, 11) is -0.0592. The Hall–Kier alpha value is -0.740. The van der Waals surface area contributed by atoms with Crippen molar-refractivity contribution >= 4 is 31.8 Å². The van der Waals surface area contributed by atoms with E-state index in [1.54, 1.807) is 0 Å². The molecule has 118 valence electrons. The molecule has 1 aromatic heterocycles. The number of aliphatic hydroxyl groups is 1. The molecular weight excluding hydrogens is 360 g/mol. The molecule has 2 unspecified atom stereocenters. The minimum Gasteiger partial charge on any atom is -0.392 e. The second-order valence-electron chi connectivity index (χ2n) is 5.42. The summed E-state index contributed by atoms with van der Waals surface area (Å²) in [4.78, 5) is 5.74. The van der Waals surface area contributed by atoms with Gasteiger partial charge in [-0.1, -0.05) is 0 Å². The van der Waals surface area contributed by atoms with Crippen molar-refractivity contribution in [3.05, 3.63) is 16.7 Å². The van der Waals surface area contributed by atoms with Crippen LogP contribution in [-0.2, 0) is 10.0 Å². The molecule has 1 aliphatic heterocycles. The summed E-state index contributed by atoms with van der Waals surface area (Å²) < 4.78 is 27.5. The number of likely N-dealkylation sites (N-methyl/N-ethyl adjacent to an activating group) is 1. The number of pyridine rings is 1. The predicted octanol–water partition coefficient (Wildman–Crippen LogP) is 0.112. The van der Waals surface area contributed by atoms with Gasteiger partial charge in [0, 0.05) is 29.8 Å². The highest BCUT2D eigenvalue weighted by atomic mass is 79.9. The van der Waals surface area contributed by atoms with Gasteiger partial charge in [0.15, 0.2) is 0 Å². The molecule has 21 heavy (non-hydrogen) atoms. The van der Waals surface area contributed by atoms with Crippen molar-refractivity contribution in [1.29, 1.82) is 0 Å².